The molecule has 1 saturated carbocycles. The Hall–Kier alpha value is -3.67. The van der Waals surface area contributed by atoms with E-state index < -0.39 is 18.8 Å². The number of rotatable bonds is 4. The van der Waals surface area contributed by atoms with Crippen LogP contribution in [-0.4, -0.2) is 37.9 Å². The molecule has 0 radical (unpaired) electrons. The van der Waals surface area contributed by atoms with Gasteiger partial charge in [-0.1, -0.05) is 23.3 Å². The summed E-state index contributed by atoms with van der Waals surface area (Å²) in [6, 6.07) is 7.75. The monoisotopic (exact) mass is 436 g/mol. The molecular formula is C23H19F3N6. The standard InChI is InChI=1S/C23H19F3N6/c1-23(9-10-23)8-6-14-12-15(7-11-27-14)32(13-18(25)26)22-19-16(4-3-5-17(19)24)20-21(28-22)29-30-31(20)2/h3-5,7,11-12,18H,9-10,13H2,1-2H3. The highest BCUT2D eigenvalue weighted by atomic mass is 19.3. The highest BCUT2D eigenvalue weighted by Gasteiger charge is 2.35. The number of anilines is 2. The van der Waals surface area contributed by atoms with Crippen LogP contribution in [0.4, 0.5) is 24.7 Å². The molecule has 0 atom stereocenters. The molecule has 0 saturated heterocycles. The van der Waals surface area contributed by atoms with Crippen LogP contribution in [0.25, 0.3) is 21.9 Å². The van der Waals surface area contributed by atoms with Crippen LogP contribution < -0.4 is 4.90 Å². The Balaban J connectivity index is 1.71. The van der Waals surface area contributed by atoms with Gasteiger partial charge in [0.05, 0.1) is 11.9 Å². The Morgan fingerprint density at radius 2 is 2.06 bits per heavy atom. The zero-order valence-electron chi connectivity index (χ0n) is 17.5. The number of aryl methyl sites for hydroxylation is 1. The van der Waals surface area contributed by atoms with Crippen LogP contribution in [0.15, 0.2) is 36.5 Å². The summed E-state index contributed by atoms with van der Waals surface area (Å²) in [7, 11) is 1.67. The van der Waals surface area contributed by atoms with Crippen molar-refractivity contribution in [1.82, 2.24) is 25.0 Å². The molecule has 0 spiro atoms. The lowest BCUT2D eigenvalue weighted by atomic mass is 10.1. The van der Waals surface area contributed by atoms with Crippen LogP contribution in [0, 0.1) is 23.1 Å². The van der Waals surface area contributed by atoms with Gasteiger partial charge in [-0.3, -0.25) is 0 Å². The number of hydrogen-bond acceptors (Lipinski definition) is 5. The van der Waals surface area contributed by atoms with Gasteiger partial charge in [0.15, 0.2) is 0 Å². The molecule has 162 valence electrons. The first-order valence-electron chi connectivity index (χ1n) is 10.2. The van der Waals surface area contributed by atoms with Gasteiger partial charge >= 0.3 is 0 Å². The van der Waals surface area contributed by atoms with Crippen molar-refractivity contribution in [3.63, 3.8) is 0 Å². The van der Waals surface area contributed by atoms with E-state index in [9.17, 15) is 8.78 Å². The first kappa shape index (κ1) is 20.2. The smallest absolute Gasteiger partial charge is 0.256 e. The summed E-state index contributed by atoms with van der Waals surface area (Å²) in [5.41, 5.74) is 1.62. The molecule has 6 nitrogen and oxygen atoms in total. The van der Waals surface area contributed by atoms with E-state index in [1.54, 1.807) is 31.3 Å². The molecular weight excluding hydrogens is 417 g/mol. The van der Waals surface area contributed by atoms with E-state index in [4.69, 9.17) is 0 Å². The molecule has 0 aliphatic heterocycles. The summed E-state index contributed by atoms with van der Waals surface area (Å²) in [6.45, 7) is 1.39. The molecule has 1 fully saturated rings. The largest absolute Gasteiger partial charge is 0.320 e. The molecule has 9 heteroatoms. The fourth-order valence-electron chi connectivity index (χ4n) is 3.65. The minimum atomic E-state index is -2.69. The lowest BCUT2D eigenvalue weighted by Crippen LogP contribution is -2.25. The van der Waals surface area contributed by atoms with Gasteiger partial charge in [0.1, 0.15) is 22.8 Å². The van der Waals surface area contributed by atoms with Crippen molar-refractivity contribution >= 4 is 33.4 Å². The molecule has 0 unspecified atom stereocenters. The molecule has 5 rings (SSSR count). The van der Waals surface area contributed by atoms with E-state index in [1.807, 2.05) is 0 Å². The predicted molar refractivity (Wildman–Crippen MR) is 115 cm³/mol. The number of fused-ring (bicyclic) bond motifs is 3. The summed E-state index contributed by atoms with van der Waals surface area (Å²) < 4.78 is 43.8. The molecule has 0 bridgehead atoms. The second-order valence-corrected chi connectivity index (χ2v) is 8.19. The van der Waals surface area contributed by atoms with Crippen molar-refractivity contribution in [3.8, 4) is 11.8 Å². The van der Waals surface area contributed by atoms with Crippen molar-refractivity contribution in [1.29, 1.82) is 0 Å². The van der Waals surface area contributed by atoms with E-state index >= 15 is 4.39 Å². The highest BCUT2D eigenvalue weighted by Crippen LogP contribution is 2.44. The third-order valence-electron chi connectivity index (χ3n) is 5.64. The van der Waals surface area contributed by atoms with Gasteiger partial charge in [-0.05, 0) is 43.9 Å². The van der Waals surface area contributed by atoms with Gasteiger partial charge in [-0.2, -0.15) is 0 Å². The third kappa shape index (κ3) is 3.62. The van der Waals surface area contributed by atoms with E-state index in [-0.39, 0.29) is 22.3 Å². The summed E-state index contributed by atoms with van der Waals surface area (Å²) in [6.07, 6.45) is 0.880. The fourth-order valence-corrected chi connectivity index (χ4v) is 3.65. The SMILES string of the molecule is Cn1nnc2nc(N(CC(F)F)c3ccnc(C#CC4(C)CC4)c3)c3c(F)cccc3c21. The molecule has 1 aromatic carbocycles. The maximum absolute atomic E-state index is 15.0. The van der Waals surface area contributed by atoms with E-state index in [1.165, 1.54) is 21.8 Å². The lowest BCUT2D eigenvalue weighted by Gasteiger charge is -2.25. The lowest BCUT2D eigenvalue weighted by molar-refractivity contribution is 0.158. The van der Waals surface area contributed by atoms with Crippen molar-refractivity contribution in [2.24, 2.45) is 12.5 Å². The summed E-state index contributed by atoms with van der Waals surface area (Å²) in [5.74, 6) is 5.70. The minimum absolute atomic E-state index is 0.00174. The normalized spacial score (nSPS) is 14.6. The highest BCUT2D eigenvalue weighted by molar-refractivity contribution is 6.08. The molecule has 0 amide bonds. The fraction of sp³-hybridized carbons (Fsp3) is 0.304. The zero-order chi connectivity index (χ0) is 22.5. The predicted octanol–water partition coefficient (Wildman–Crippen LogP) is 4.61. The Labute approximate surface area is 182 Å². The van der Waals surface area contributed by atoms with Crippen molar-refractivity contribution in [3.05, 3.63) is 48.0 Å². The second-order valence-electron chi connectivity index (χ2n) is 8.19. The van der Waals surface area contributed by atoms with E-state index in [0.717, 1.165) is 12.8 Å². The minimum Gasteiger partial charge on any atom is -0.320 e. The van der Waals surface area contributed by atoms with Crippen molar-refractivity contribution in [2.45, 2.75) is 26.2 Å². The average molecular weight is 436 g/mol. The number of halogens is 3. The summed E-state index contributed by atoms with van der Waals surface area (Å²) in [4.78, 5) is 9.98. The quantitative estimate of drug-likeness (QED) is 0.438. The number of hydrogen-bond donors (Lipinski definition) is 0. The first-order chi connectivity index (χ1) is 15.3. The molecule has 1 aliphatic rings. The van der Waals surface area contributed by atoms with Crippen LogP contribution in [-0.2, 0) is 7.05 Å². The zero-order valence-corrected chi connectivity index (χ0v) is 17.5. The van der Waals surface area contributed by atoms with Crippen LogP contribution in [0.3, 0.4) is 0 Å². The number of pyridine rings is 2. The summed E-state index contributed by atoms with van der Waals surface area (Å²) >= 11 is 0. The van der Waals surface area contributed by atoms with Gasteiger partial charge in [0.25, 0.3) is 6.43 Å². The number of nitrogens with zero attached hydrogens (tertiary/aromatic N) is 6. The maximum atomic E-state index is 15.0. The van der Waals surface area contributed by atoms with Gasteiger partial charge in [-0.15, -0.1) is 5.10 Å². The Morgan fingerprint density at radius 3 is 2.81 bits per heavy atom. The van der Waals surface area contributed by atoms with Crippen molar-refractivity contribution < 1.29 is 13.2 Å². The topological polar surface area (TPSA) is 59.7 Å². The van der Waals surface area contributed by atoms with Gasteiger partial charge < -0.3 is 4.90 Å². The van der Waals surface area contributed by atoms with Gasteiger partial charge in [0.2, 0.25) is 5.65 Å². The van der Waals surface area contributed by atoms with E-state index in [2.05, 4.69) is 39.0 Å². The van der Waals surface area contributed by atoms with Gasteiger partial charge in [0, 0.05) is 29.7 Å². The molecule has 0 N–H and O–H groups in total. The Bertz CT molecular complexity index is 1400. The number of benzene rings is 1. The molecule has 3 aromatic heterocycles. The molecule has 3 heterocycles. The third-order valence-corrected chi connectivity index (χ3v) is 5.64. The Morgan fingerprint density at radius 1 is 1.25 bits per heavy atom. The van der Waals surface area contributed by atoms with E-state index in [0.29, 0.717) is 22.3 Å². The Kier molecular flexibility index (Phi) is 4.73. The average Bonchev–Trinajstić information content (AvgIpc) is 3.39. The van der Waals surface area contributed by atoms with Crippen LogP contribution in [0.5, 0.6) is 0 Å². The number of alkyl halides is 2. The first-order valence-corrected chi connectivity index (χ1v) is 10.2. The molecule has 32 heavy (non-hydrogen) atoms. The molecule has 1 aliphatic carbocycles. The number of aromatic nitrogens is 5. The van der Waals surface area contributed by atoms with Crippen molar-refractivity contribution in [2.75, 3.05) is 11.4 Å². The molecule has 4 aromatic rings. The van der Waals surface area contributed by atoms with Crippen LogP contribution in [0.1, 0.15) is 25.5 Å². The second kappa shape index (κ2) is 7.48. The maximum Gasteiger partial charge on any atom is 0.256 e. The van der Waals surface area contributed by atoms with Crippen LogP contribution >= 0.6 is 0 Å². The van der Waals surface area contributed by atoms with Gasteiger partial charge in [-0.25, -0.2) is 27.8 Å². The van der Waals surface area contributed by atoms with Crippen LogP contribution in [0.2, 0.25) is 0 Å². The summed E-state index contributed by atoms with van der Waals surface area (Å²) in [5, 5.41) is 8.61.